The molecule has 0 N–H and O–H groups in total. The quantitative estimate of drug-likeness (QED) is 0.400. The molecule has 22 heavy (non-hydrogen) atoms. The van der Waals surface area contributed by atoms with Crippen LogP contribution in [0.2, 0.25) is 0 Å². The van der Waals surface area contributed by atoms with Crippen molar-refractivity contribution in [2.75, 3.05) is 37.7 Å². The van der Waals surface area contributed by atoms with Crippen LogP contribution in [0.1, 0.15) is 20.8 Å². The lowest BCUT2D eigenvalue weighted by Crippen LogP contribution is -2.31. The predicted octanol–water partition coefficient (Wildman–Crippen LogP) is 2.55. The lowest BCUT2D eigenvalue weighted by molar-refractivity contribution is -0.160. The van der Waals surface area contributed by atoms with Crippen LogP contribution >= 0.6 is 0 Å². The van der Waals surface area contributed by atoms with Crippen molar-refractivity contribution in [2.24, 2.45) is 4.99 Å². The van der Waals surface area contributed by atoms with E-state index >= 15 is 0 Å². The number of para-hydroxylation sites is 1. The molecule has 0 radical (unpaired) electrons. The summed E-state index contributed by atoms with van der Waals surface area (Å²) in [5.41, 5.74) is 0.624. The highest BCUT2D eigenvalue weighted by atomic mass is 16.6. The van der Waals surface area contributed by atoms with Crippen molar-refractivity contribution in [2.45, 2.75) is 26.4 Å². The Labute approximate surface area is 132 Å². The molecule has 0 saturated heterocycles. The Kier molecular flexibility index (Phi) is 7.60. The lowest BCUT2D eigenvalue weighted by atomic mass is 10.2. The molecule has 0 unspecified atom stereocenters. The minimum absolute atomic E-state index is 0.0282. The van der Waals surface area contributed by atoms with Crippen LogP contribution < -0.4 is 4.90 Å². The van der Waals surface area contributed by atoms with Gasteiger partial charge in [-0.05, 0) is 39.6 Å². The average Bonchev–Trinajstić information content (AvgIpc) is 2.45. The van der Waals surface area contributed by atoms with Gasteiger partial charge in [0.05, 0.1) is 13.2 Å². The van der Waals surface area contributed by atoms with E-state index in [1.54, 1.807) is 0 Å². The Morgan fingerprint density at radius 2 is 1.91 bits per heavy atom. The number of esters is 1. The van der Waals surface area contributed by atoms with Crippen LogP contribution in [0.4, 0.5) is 5.69 Å². The first-order valence-corrected chi connectivity index (χ1v) is 7.44. The molecule has 0 aliphatic rings. The molecule has 0 amide bonds. The largest absolute Gasteiger partial charge is 0.458 e. The SMILES string of the molecule is C=NCCN(CCOCC(=O)OC(C)(C)C)c1ccccc1. The summed E-state index contributed by atoms with van der Waals surface area (Å²) in [6.45, 7) is 11.5. The molecule has 0 aliphatic heterocycles. The van der Waals surface area contributed by atoms with Gasteiger partial charge in [0.2, 0.25) is 0 Å². The standard InChI is InChI=1S/C17H26N2O3/c1-17(2,3)22-16(20)14-21-13-12-19(11-10-18-4)15-8-6-5-7-9-15/h5-9H,4,10-14H2,1-3H3. The van der Waals surface area contributed by atoms with E-state index in [4.69, 9.17) is 9.47 Å². The number of hydrogen-bond acceptors (Lipinski definition) is 5. The van der Waals surface area contributed by atoms with Crippen LogP contribution in [0.5, 0.6) is 0 Å². The molecule has 1 aromatic carbocycles. The van der Waals surface area contributed by atoms with E-state index in [0.717, 1.165) is 12.2 Å². The number of rotatable bonds is 9. The van der Waals surface area contributed by atoms with Gasteiger partial charge >= 0.3 is 5.97 Å². The summed E-state index contributed by atoms with van der Waals surface area (Å²) in [5, 5.41) is 0. The number of carbonyl (C=O) groups excluding carboxylic acids is 1. The third kappa shape index (κ3) is 7.78. The zero-order chi connectivity index (χ0) is 16.4. The molecule has 0 atom stereocenters. The second kappa shape index (κ2) is 9.20. The average molecular weight is 306 g/mol. The molecule has 5 heteroatoms. The number of anilines is 1. The maximum absolute atomic E-state index is 11.6. The number of aliphatic imine (C=N–C) groups is 1. The van der Waals surface area contributed by atoms with E-state index in [0.29, 0.717) is 19.7 Å². The minimum Gasteiger partial charge on any atom is -0.458 e. The first-order chi connectivity index (χ1) is 10.4. The Balaban J connectivity index is 2.38. The molecule has 0 heterocycles. The highest BCUT2D eigenvalue weighted by Crippen LogP contribution is 2.12. The van der Waals surface area contributed by atoms with Crippen LogP contribution in [0.15, 0.2) is 35.3 Å². The molecule has 0 fully saturated rings. The van der Waals surface area contributed by atoms with Crippen LogP contribution in [0.25, 0.3) is 0 Å². The maximum atomic E-state index is 11.6. The number of ether oxygens (including phenoxy) is 2. The highest BCUT2D eigenvalue weighted by Gasteiger charge is 2.16. The van der Waals surface area contributed by atoms with Gasteiger partial charge in [-0.3, -0.25) is 4.99 Å². The molecule has 0 spiro atoms. The van der Waals surface area contributed by atoms with Gasteiger partial charge in [0, 0.05) is 18.8 Å². The van der Waals surface area contributed by atoms with Crippen molar-refractivity contribution in [1.82, 2.24) is 0 Å². The van der Waals surface area contributed by atoms with Crippen LogP contribution in [-0.2, 0) is 14.3 Å². The topological polar surface area (TPSA) is 51.1 Å². The Bertz CT molecular complexity index is 455. The Morgan fingerprint density at radius 3 is 2.50 bits per heavy atom. The molecule has 0 bridgehead atoms. The van der Waals surface area contributed by atoms with Crippen molar-refractivity contribution >= 4 is 18.4 Å². The molecule has 5 nitrogen and oxygen atoms in total. The summed E-state index contributed by atoms with van der Waals surface area (Å²) in [4.78, 5) is 17.6. The second-order valence-corrected chi connectivity index (χ2v) is 5.91. The molecule has 0 aromatic heterocycles. The first kappa shape index (κ1) is 18.2. The van der Waals surface area contributed by atoms with E-state index in [2.05, 4.69) is 16.6 Å². The van der Waals surface area contributed by atoms with E-state index in [-0.39, 0.29) is 12.6 Å². The zero-order valence-electron chi connectivity index (χ0n) is 13.7. The predicted molar refractivity (Wildman–Crippen MR) is 89.7 cm³/mol. The Hall–Kier alpha value is -1.88. The minimum atomic E-state index is -0.480. The second-order valence-electron chi connectivity index (χ2n) is 5.91. The molecule has 122 valence electrons. The monoisotopic (exact) mass is 306 g/mol. The third-order valence-corrected chi connectivity index (χ3v) is 2.79. The molecule has 0 aliphatic carbocycles. The summed E-state index contributed by atoms with van der Waals surface area (Å²) in [6.07, 6.45) is 0. The molecule has 1 aromatic rings. The van der Waals surface area contributed by atoms with Gasteiger partial charge in [0.15, 0.2) is 0 Å². The maximum Gasteiger partial charge on any atom is 0.332 e. The highest BCUT2D eigenvalue weighted by molar-refractivity contribution is 5.71. The van der Waals surface area contributed by atoms with Crippen molar-refractivity contribution in [3.8, 4) is 0 Å². The number of hydrogen-bond donors (Lipinski definition) is 0. The molecule has 0 saturated carbocycles. The van der Waals surface area contributed by atoms with Crippen molar-refractivity contribution in [3.05, 3.63) is 30.3 Å². The van der Waals surface area contributed by atoms with Crippen molar-refractivity contribution in [3.63, 3.8) is 0 Å². The van der Waals surface area contributed by atoms with Gasteiger partial charge in [-0.15, -0.1) is 0 Å². The fraction of sp³-hybridized carbons (Fsp3) is 0.529. The van der Waals surface area contributed by atoms with Gasteiger partial charge in [0.1, 0.15) is 12.2 Å². The fourth-order valence-corrected chi connectivity index (χ4v) is 1.90. The van der Waals surface area contributed by atoms with E-state index in [1.807, 2.05) is 51.1 Å². The van der Waals surface area contributed by atoms with Crippen LogP contribution in [0.3, 0.4) is 0 Å². The third-order valence-electron chi connectivity index (χ3n) is 2.79. The van der Waals surface area contributed by atoms with E-state index in [1.165, 1.54) is 0 Å². The van der Waals surface area contributed by atoms with Gasteiger partial charge in [-0.25, -0.2) is 4.79 Å². The number of carbonyl (C=O) groups is 1. The normalized spacial score (nSPS) is 11.0. The van der Waals surface area contributed by atoms with Crippen molar-refractivity contribution < 1.29 is 14.3 Å². The Morgan fingerprint density at radius 1 is 1.23 bits per heavy atom. The van der Waals surface area contributed by atoms with Gasteiger partial charge < -0.3 is 14.4 Å². The summed E-state index contributed by atoms with van der Waals surface area (Å²) >= 11 is 0. The first-order valence-electron chi connectivity index (χ1n) is 7.44. The molecular formula is C17H26N2O3. The van der Waals surface area contributed by atoms with Crippen LogP contribution in [0, 0.1) is 0 Å². The fourth-order valence-electron chi connectivity index (χ4n) is 1.90. The van der Waals surface area contributed by atoms with Gasteiger partial charge in [0.25, 0.3) is 0 Å². The number of benzene rings is 1. The smallest absolute Gasteiger partial charge is 0.332 e. The van der Waals surface area contributed by atoms with E-state index < -0.39 is 5.60 Å². The van der Waals surface area contributed by atoms with Gasteiger partial charge in [-0.2, -0.15) is 0 Å². The van der Waals surface area contributed by atoms with E-state index in [9.17, 15) is 4.79 Å². The summed E-state index contributed by atoms with van der Waals surface area (Å²) < 4.78 is 10.6. The number of nitrogens with zero attached hydrogens (tertiary/aromatic N) is 2. The molecular weight excluding hydrogens is 280 g/mol. The summed E-state index contributed by atoms with van der Waals surface area (Å²) in [6, 6.07) is 10.0. The van der Waals surface area contributed by atoms with Crippen LogP contribution in [-0.4, -0.2) is 51.1 Å². The van der Waals surface area contributed by atoms with Gasteiger partial charge in [-0.1, -0.05) is 18.2 Å². The molecule has 1 rings (SSSR count). The lowest BCUT2D eigenvalue weighted by Gasteiger charge is -2.24. The summed E-state index contributed by atoms with van der Waals surface area (Å²) in [7, 11) is 0. The summed E-state index contributed by atoms with van der Waals surface area (Å²) in [5.74, 6) is -0.341. The zero-order valence-corrected chi connectivity index (χ0v) is 13.7. The van der Waals surface area contributed by atoms with Crippen molar-refractivity contribution in [1.29, 1.82) is 0 Å².